The van der Waals surface area contributed by atoms with Crippen LogP contribution in [-0.4, -0.2) is 29.7 Å². The number of carboxylic acids is 1. The first-order valence-electron chi connectivity index (χ1n) is 7.96. The van der Waals surface area contributed by atoms with Crippen LogP contribution >= 0.6 is 0 Å². The Morgan fingerprint density at radius 3 is 2.50 bits per heavy atom. The normalized spacial score (nSPS) is 22.0. The van der Waals surface area contributed by atoms with E-state index in [0.29, 0.717) is 5.92 Å². The predicted octanol–water partition coefficient (Wildman–Crippen LogP) is 3.60. The molecule has 118 valence electrons. The number of fused-ring (bicyclic) bond motifs is 1. The minimum absolute atomic E-state index is 0.149. The van der Waals surface area contributed by atoms with Gasteiger partial charge in [0.1, 0.15) is 0 Å². The fourth-order valence-electron chi connectivity index (χ4n) is 3.67. The number of aromatic nitrogens is 1. The number of hydrogen-bond acceptors (Lipinski definition) is 2. The standard InChI is InChI=1S/C18H24N2O2/c1-19(2)14-8-9-17-15(10-14)16(11-20(17)3)12-4-6-13(7-5-12)18(21)22/h8-13H,4-7H2,1-3H3,(H,21,22). The summed E-state index contributed by atoms with van der Waals surface area (Å²) in [6, 6.07) is 6.58. The summed E-state index contributed by atoms with van der Waals surface area (Å²) in [6.07, 6.45) is 5.77. The Bertz CT molecular complexity index is 694. The van der Waals surface area contributed by atoms with Crippen molar-refractivity contribution in [3.8, 4) is 0 Å². The lowest BCUT2D eigenvalue weighted by molar-refractivity contribution is -0.142. The second-order valence-corrected chi connectivity index (χ2v) is 6.68. The van der Waals surface area contributed by atoms with Gasteiger partial charge in [0.2, 0.25) is 0 Å². The van der Waals surface area contributed by atoms with Gasteiger partial charge in [0.15, 0.2) is 0 Å². The van der Waals surface area contributed by atoms with E-state index in [1.54, 1.807) is 0 Å². The first-order valence-corrected chi connectivity index (χ1v) is 7.96. The van der Waals surface area contributed by atoms with Gasteiger partial charge in [-0.05, 0) is 55.4 Å². The molecule has 1 aliphatic carbocycles. The van der Waals surface area contributed by atoms with E-state index in [1.807, 2.05) is 0 Å². The number of nitrogens with zero attached hydrogens (tertiary/aromatic N) is 2. The van der Waals surface area contributed by atoms with E-state index in [9.17, 15) is 4.79 Å². The molecule has 0 unspecified atom stereocenters. The van der Waals surface area contributed by atoms with Crippen molar-refractivity contribution >= 4 is 22.6 Å². The van der Waals surface area contributed by atoms with Gasteiger partial charge >= 0.3 is 5.97 Å². The van der Waals surface area contributed by atoms with Crippen LogP contribution in [-0.2, 0) is 11.8 Å². The third-order valence-electron chi connectivity index (χ3n) is 5.04. The van der Waals surface area contributed by atoms with E-state index in [0.717, 1.165) is 25.7 Å². The number of carbonyl (C=O) groups is 1. The first-order chi connectivity index (χ1) is 10.5. The van der Waals surface area contributed by atoms with Crippen LogP contribution in [0.15, 0.2) is 24.4 Å². The van der Waals surface area contributed by atoms with Crippen molar-refractivity contribution in [2.24, 2.45) is 13.0 Å². The third-order valence-corrected chi connectivity index (χ3v) is 5.04. The van der Waals surface area contributed by atoms with E-state index in [-0.39, 0.29) is 5.92 Å². The first kappa shape index (κ1) is 14.9. The fraction of sp³-hybridized carbons (Fsp3) is 0.500. The Kier molecular flexibility index (Phi) is 3.85. The van der Waals surface area contributed by atoms with Crippen molar-refractivity contribution < 1.29 is 9.90 Å². The molecule has 4 heteroatoms. The van der Waals surface area contributed by atoms with Gasteiger partial charge in [-0.1, -0.05) is 0 Å². The van der Waals surface area contributed by atoms with E-state index in [4.69, 9.17) is 5.11 Å². The highest BCUT2D eigenvalue weighted by Gasteiger charge is 2.28. The molecule has 1 saturated carbocycles. The van der Waals surface area contributed by atoms with Crippen LogP contribution in [0, 0.1) is 5.92 Å². The van der Waals surface area contributed by atoms with Crippen LogP contribution in [0.3, 0.4) is 0 Å². The van der Waals surface area contributed by atoms with Gasteiger partial charge in [0.25, 0.3) is 0 Å². The molecule has 3 rings (SSSR count). The number of carboxylic acid groups (broad SMARTS) is 1. The average Bonchev–Trinajstić information content (AvgIpc) is 2.84. The Morgan fingerprint density at radius 2 is 1.91 bits per heavy atom. The zero-order valence-corrected chi connectivity index (χ0v) is 13.5. The molecule has 1 heterocycles. The maximum atomic E-state index is 11.1. The number of rotatable bonds is 3. The Morgan fingerprint density at radius 1 is 1.23 bits per heavy atom. The van der Waals surface area contributed by atoms with Crippen LogP contribution in [0.5, 0.6) is 0 Å². The lowest BCUT2D eigenvalue weighted by Gasteiger charge is -2.26. The highest BCUT2D eigenvalue weighted by Crippen LogP contribution is 2.40. The summed E-state index contributed by atoms with van der Waals surface area (Å²) in [5.41, 5.74) is 3.84. The Labute approximate surface area is 131 Å². The molecule has 0 saturated heterocycles. The predicted molar refractivity (Wildman–Crippen MR) is 89.6 cm³/mol. The lowest BCUT2D eigenvalue weighted by atomic mass is 9.78. The average molecular weight is 300 g/mol. The van der Waals surface area contributed by atoms with Crippen LogP contribution in [0.25, 0.3) is 10.9 Å². The zero-order valence-electron chi connectivity index (χ0n) is 13.5. The van der Waals surface area contributed by atoms with Gasteiger partial charge in [0.05, 0.1) is 5.92 Å². The summed E-state index contributed by atoms with van der Waals surface area (Å²) in [6.45, 7) is 0. The quantitative estimate of drug-likeness (QED) is 0.942. The molecule has 0 atom stereocenters. The topological polar surface area (TPSA) is 45.5 Å². The van der Waals surface area contributed by atoms with Gasteiger partial charge in [-0.15, -0.1) is 0 Å². The summed E-state index contributed by atoms with van der Waals surface area (Å²) < 4.78 is 2.19. The summed E-state index contributed by atoms with van der Waals surface area (Å²) in [4.78, 5) is 13.2. The SMILES string of the molecule is CN(C)c1ccc2c(c1)c(C1CCC(C(=O)O)CC1)cn2C. The third kappa shape index (κ3) is 2.58. The largest absolute Gasteiger partial charge is 0.481 e. The van der Waals surface area contributed by atoms with Gasteiger partial charge in [-0.25, -0.2) is 0 Å². The minimum atomic E-state index is -0.633. The maximum Gasteiger partial charge on any atom is 0.306 e. The summed E-state index contributed by atoms with van der Waals surface area (Å²) >= 11 is 0. The molecule has 1 aromatic carbocycles. The summed E-state index contributed by atoms with van der Waals surface area (Å²) in [5, 5.41) is 10.5. The van der Waals surface area contributed by atoms with E-state index >= 15 is 0 Å². The number of benzene rings is 1. The number of hydrogen-bond donors (Lipinski definition) is 1. The van der Waals surface area contributed by atoms with Crippen molar-refractivity contribution in [2.75, 3.05) is 19.0 Å². The lowest BCUT2D eigenvalue weighted by Crippen LogP contribution is -2.20. The molecule has 1 aromatic heterocycles. The minimum Gasteiger partial charge on any atom is -0.481 e. The summed E-state index contributed by atoms with van der Waals surface area (Å²) in [7, 11) is 6.20. The van der Waals surface area contributed by atoms with Gasteiger partial charge < -0.3 is 14.6 Å². The van der Waals surface area contributed by atoms with E-state index < -0.39 is 5.97 Å². The number of aliphatic carboxylic acids is 1. The molecule has 2 aromatic rings. The monoisotopic (exact) mass is 300 g/mol. The van der Waals surface area contributed by atoms with Crippen LogP contribution in [0.4, 0.5) is 5.69 Å². The molecule has 0 spiro atoms. The van der Waals surface area contributed by atoms with Crippen LogP contribution in [0.2, 0.25) is 0 Å². The molecule has 22 heavy (non-hydrogen) atoms. The second-order valence-electron chi connectivity index (χ2n) is 6.68. The fourth-order valence-corrected chi connectivity index (χ4v) is 3.67. The maximum absolute atomic E-state index is 11.1. The molecule has 1 fully saturated rings. The molecular formula is C18H24N2O2. The molecule has 0 amide bonds. The Hall–Kier alpha value is -1.97. The zero-order chi connectivity index (χ0) is 15.9. The molecule has 0 bridgehead atoms. The van der Waals surface area contributed by atoms with E-state index in [2.05, 4.69) is 55.0 Å². The van der Waals surface area contributed by atoms with Gasteiger partial charge in [-0.3, -0.25) is 4.79 Å². The van der Waals surface area contributed by atoms with Crippen LogP contribution < -0.4 is 4.90 Å². The molecule has 0 aliphatic heterocycles. The van der Waals surface area contributed by atoms with E-state index in [1.165, 1.54) is 22.2 Å². The van der Waals surface area contributed by atoms with Gasteiger partial charge in [0, 0.05) is 43.9 Å². The smallest absolute Gasteiger partial charge is 0.306 e. The van der Waals surface area contributed by atoms with Crippen molar-refractivity contribution in [1.29, 1.82) is 0 Å². The van der Waals surface area contributed by atoms with Crippen molar-refractivity contribution in [1.82, 2.24) is 4.57 Å². The van der Waals surface area contributed by atoms with Crippen LogP contribution in [0.1, 0.15) is 37.2 Å². The van der Waals surface area contributed by atoms with Crippen molar-refractivity contribution in [2.45, 2.75) is 31.6 Å². The number of aryl methyl sites for hydroxylation is 1. The number of anilines is 1. The molecule has 0 radical (unpaired) electrons. The van der Waals surface area contributed by atoms with Crippen molar-refractivity contribution in [3.63, 3.8) is 0 Å². The second kappa shape index (κ2) is 5.67. The highest BCUT2D eigenvalue weighted by atomic mass is 16.4. The Balaban J connectivity index is 1.94. The molecule has 1 N–H and O–H groups in total. The summed E-state index contributed by atoms with van der Waals surface area (Å²) in [5.74, 6) is -0.300. The van der Waals surface area contributed by atoms with Crippen molar-refractivity contribution in [3.05, 3.63) is 30.0 Å². The molecular weight excluding hydrogens is 276 g/mol. The van der Waals surface area contributed by atoms with Gasteiger partial charge in [-0.2, -0.15) is 0 Å². The molecule has 4 nitrogen and oxygen atoms in total. The molecule has 1 aliphatic rings. The highest BCUT2D eigenvalue weighted by molar-refractivity contribution is 5.88.